The van der Waals surface area contributed by atoms with E-state index in [1.54, 1.807) is 5.38 Å². The van der Waals surface area contributed by atoms with Gasteiger partial charge >= 0.3 is 0 Å². The summed E-state index contributed by atoms with van der Waals surface area (Å²) in [4.78, 5) is 0. The minimum absolute atomic E-state index is 0.0821. The number of anilines is 1. The summed E-state index contributed by atoms with van der Waals surface area (Å²) in [6.07, 6.45) is 7.81. The summed E-state index contributed by atoms with van der Waals surface area (Å²) in [5.41, 5.74) is 6.08. The Morgan fingerprint density at radius 3 is 2.33 bits per heavy atom. The van der Waals surface area contributed by atoms with Crippen molar-refractivity contribution in [3.05, 3.63) is 11.4 Å². The molecule has 1 heterocycles. The number of nitrogen functional groups attached to an aromatic ring is 1. The number of hydrogen-bond donors (Lipinski definition) is 2. The minimum Gasteiger partial charge on any atom is -0.398 e. The second-order valence-electron chi connectivity index (χ2n) is 4.86. The molecular weight excluding hydrogens is 268 g/mol. The Morgan fingerprint density at radius 1 is 1.17 bits per heavy atom. The van der Waals surface area contributed by atoms with Gasteiger partial charge in [-0.25, -0.2) is 13.1 Å². The fourth-order valence-electron chi connectivity index (χ4n) is 2.32. The number of rotatable bonds is 3. The largest absolute Gasteiger partial charge is 0.398 e. The van der Waals surface area contributed by atoms with E-state index in [2.05, 4.69) is 4.72 Å². The van der Waals surface area contributed by atoms with Crippen LogP contribution in [0, 0.1) is 0 Å². The molecule has 0 aliphatic heterocycles. The molecule has 1 aromatic heterocycles. The third kappa shape index (κ3) is 3.70. The van der Waals surface area contributed by atoms with E-state index in [1.165, 1.54) is 36.7 Å². The summed E-state index contributed by atoms with van der Waals surface area (Å²) in [6.45, 7) is 0. The summed E-state index contributed by atoms with van der Waals surface area (Å²) >= 11 is 1.18. The molecule has 4 nitrogen and oxygen atoms in total. The van der Waals surface area contributed by atoms with Crippen LogP contribution in [-0.2, 0) is 10.0 Å². The Kier molecular flexibility index (Phi) is 4.64. The molecule has 2 rings (SSSR count). The Balaban J connectivity index is 2.02. The molecule has 6 heteroatoms. The van der Waals surface area contributed by atoms with Crippen molar-refractivity contribution < 1.29 is 8.42 Å². The van der Waals surface area contributed by atoms with Crippen molar-refractivity contribution in [2.24, 2.45) is 0 Å². The SMILES string of the molecule is Nc1csc(S(=O)(=O)NC2CCCCCCC2)c1. The molecule has 18 heavy (non-hydrogen) atoms. The molecule has 1 fully saturated rings. The molecule has 0 amide bonds. The van der Waals surface area contributed by atoms with Crippen LogP contribution in [0.4, 0.5) is 5.69 Å². The lowest BCUT2D eigenvalue weighted by molar-refractivity contribution is 0.427. The van der Waals surface area contributed by atoms with Gasteiger partial charge in [-0.2, -0.15) is 0 Å². The van der Waals surface area contributed by atoms with Gasteiger partial charge in [0.05, 0.1) is 0 Å². The Morgan fingerprint density at radius 2 is 1.78 bits per heavy atom. The lowest BCUT2D eigenvalue weighted by Gasteiger charge is -2.20. The molecule has 0 spiro atoms. The van der Waals surface area contributed by atoms with Crippen LogP contribution in [0.1, 0.15) is 44.9 Å². The van der Waals surface area contributed by atoms with Gasteiger partial charge < -0.3 is 5.73 Å². The summed E-state index contributed by atoms with van der Waals surface area (Å²) in [6, 6.07) is 1.61. The first kappa shape index (κ1) is 13.8. The van der Waals surface area contributed by atoms with Crippen molar-refractivity contribution >= 4 is 27.0 Å². The van der Waals surface area contributed by atoms with Crippen molar-refractivity contribution in [1.29, 1.82) is 0 Å². The highest BCUT2D eigenvalue weighted by atomic mass is 32.2. The normalized spacial score (nSPS) is 19.3. The second kappa shape index (κ2) is 6.04. The fourth-order valence-corrected chi connectivity index (χ4v) is 4.72. The van der Waals surface area contributed by atoms with Crippen molar-refractivity contribution in [3.63, 3.8) is 0 Å². The molecule has 1 aliphatic carbocycles. The van der Waals surface area contributed by atoms with Crippen LogP contribution in [0.15, 0.2) is 15.7 Å². The summed E-state index contributed by atoms with van der Waals surface area (Å²) in [7, 11) is -3.38. The predicted molar refractivity (Wildman–Crippen MR) is 75.2 cm³/mol. The number of sulfonamides is 1. The molecule has 0 saturated heterocycles. The zero-order valence-electron chi connectivity index (χ0n) is 10.4. The first-order valence-corrected chi connectivity index (χ1v) is 8.80. The standard InChI is InChI=1S/C12H20N2O2S2/c13-10-8-12(17-9-10)18(15,16)14-11-6-4-2-1-3-5-7-11/h8-9,11,14H,1-7,13H2. The monoisotopic (exact) mass is 288 g/mol. The fraction of sp³-hybridized carbons (Fsp3) is 0.667. The van der Waals surface area contributed by atoms with E-state index < -0.39 is 10.0 Å². The average molecular weight is 288 g/mol. The molecule has 0 aromatic carbocycles. The molecule has 0 bridgehead atoms. The zero-order valence-corrected chi connectivity index (χ0v) is 12.0. The van der Waals surface area contributed by atoms with Gasteiger partial charge in [-0.3, -0.25) is 0 Å². The quantitative estimate of drug-likeness (QED) is 0.898. The molecule has 0 unspecified atom stereocenters. The maximum atomic E-state index is 12.2. The summed E-state index contributed by atoms with van der Waals surface area (Å²) in [5.74, 6) is 0. The van der Waals surface area contributed by atoms with Gasteiger partial charge in [-0.1, -0.05) is 32.1 Å². The van der Waals surface area contributed by atoms with Crippen LogP contribution in [0.3, 0.4) is 0 Å². The van der Waals surface area contributed by atoms with Crippen molar-refractivity contribution in [1.82, 2.24) is 4.72 Å². The lowest BCUT2D eigenvalue weighted by atomic mass is 9.97. The van der Waals surface area contributed by atoms with E-state index in [4.69, 9.17) is 5.73 Å². The summed E-state index contributed by atoms with van der Waals surface area (Å²) in [5, 5.41) is 1.66. The highest BCUT2D eigenvalue weighted by Gasteiger charge is 2.21. The molecule has 0 atom stereocenters. The number of hydrogen-bond acceptors (Lipinski definition) is 4. The Hall–Kier alpha value is -0.590. The van der Waals surface area contributed by atoms with Crippen LogP contribution >= 0.6 is 11.3 Å². The maximum absolute atomic E-state index is 12.2. The van der Waals surface area contributed by atoms with Crippen LogP contribution in [0.2, 0.25) is 0 Å². The lowest BCUT2D eigenvalue weighted by Crippen LogP contribution is -2.34. The van der Waals surface area contributed by atoms with Gasteiger partial charge in [0.1, 0.15) is 4.21 Å². The van der Waals surface area contributed by atoms with Crippen LogP contribution < -0.4 is 10.5 Å². The van der Waals surface area contributed by atoms with Gasteiger partial charge in [-0.05, 0) is 18.9 Å². The number of thiophene rings is 1. The molecule has 0 radical (unpaired) electrons. The first-order valence-electron chi connectivity index (χ1n) is 6.44. The highest BCUT2D eigenvalue weighted by Crippen LogP contribution is 2.24. The van der Waals surface area contributed by atoms with Crippen LogP contribution in [-0.4, -0.2) is 14.5 Å². The molecule has 1 aromatic rings. The maximum Gasteiger partial charge on any atom is 0.250 e. The first-order chi connectivity index (χ1) is 8.58. The predicted octanol–water partition coefficient (Wildman–Crippen LogP) is 2.72. The smallest absolute Gasteiger partial charge is 0.250 e. The van der Waals surface area contributed by atoms with Gasteiger partial charge in [0.15, 0.2) is 0 Å². The molecule has 1 saturated carbocycles. The van der Waals surface area contributed by atoms with Crippen molar-refractivity contribution in [2.45, 2.75) is 55.2 Å². The van der Waals surface area contributed by atoms with Gasteiger partial charge in [0.2, 0.25) is 10.0 Å². The van der Waals surface area contributed by atoms with E-state index in [-0.39, 0.29) is 6.04 Å². The van der Waals surface area contributed by atoms with Crippen LogP contribution in [0.25, 0.3) is 0 Å². The topological polar surface area (TPSA) is 72.2 Å². The van der Waals surface area contributed by atoms with E-state index in [0.29, 0.717) is 9.90 Å². The Bertz CT molecular complexity index is 474. The van der Waals surface area contributed by atoms with E-state index >= 15 is 0 Å². The number of nitrogens with one attached hydrogen (secondary N) is 1. The molecule has 1 aliphatic rings. The second-order valence-corrected chi connectivity index (χ2v) is 7.71. The molecular formula is C12H20N2O2S2. The molecule has 102 valence electrons. The van der Waals surface area contributed by atoms with Gasteiger partial charge in [0.25, 0.3) is 0 Å². The minimum atomic E-state index is -3.38. The van der Waals surface area contributed by atoms with Gasteiger partial charge in [-0.15, -0.1) is 11.3 Å². The van der Waals surface area contributed by atoms with Crippen molar-refractivity contribution in [3.8, 4) is 0 Å². The average Bonchev–Trinajstić information content (AvgIpc) is 2.69. The Labute approximate surface area is 113 Å². The van der Waals surface area contributed by atoms with E-state index in [1.807, 2.05) is 0 Å². The van der Waals surface area contributed by atoms with Crippen LogP contribution in [0.5, 0.6) is 0 Å². The third-order valence-corrected chi connectivity index (χ3v) is 6.27. The summed E-state index contributed by atoms with van der Waals surface area (Å²) < 4.78 is 27.5. The van der Waals surface area contributed by atoms with E-state index in [9.17, 15) is 8.42 Å². The van der Waals surface area contributed by atoms with Crippen molar-refractivity contribution in [2.75, 3.05) is 5.73 Å². The number of nitrogens with two attached hydrogens (primary N) is 1. The van der Waals surface area contributed by atoms with Gasteiger partial charge in [0, 0.05) is 17.1 Å². The highest BCUT2D eigenvalue weighted by molar-refractivity contribution is 7.91. The third-order valence-electron chi connectivity index (χ3n) is 3.29. The van der Waals surface area contributed by atoms with E-state index in [0.717, 1.165) is 25.7 Å². The molecule has 3 N–H and O–H groups in total. The zero-order chi connectivity index (χ0) is 13.0.